The Morgan fingerprint density at radius 1 is 0.953 bits per heavy atom. The number of carbonyl (C=O) groups is 3. The lowest BCUT2D eigenvalue weighted by molar-refractivity contribution is -0.128. The maximum atomic E-state index is 13.9. The van der Waals surface area contributed by atoms with Crippen LogP contribution in [0.25, 0.3) is 0 Å². The van der Waals surface area contributed by atoms with Gasteiger partial charge in [0.15, 0.2) is 0 Å². The number of carbonyl (C=O) groups excluding carboxylic acids is 3. The summed E-state index contributed by atoms with van der Waals surface area (Å²) in [6, 6.07) is 18.3. The van der Waals surface area contributed by atoms with Crippen LogP contribution in [0, 0.1) is 13.8 Å². The van der Waals surface area contributed by atoms with E-state index in [9.17, 15) is 14.4 Å². The Hall–Kier alpha value is -3.43. The second-order valence-corrected chi connectivity index (χ2v) is 11.4. The Bertz CT molecular complexity index is 1480. The van der Waals surface area contributed by atoms with Crippen molar-refractivity contribution in [1.82, 2.24) is 10.6 Å². The maximum Gasteiger partial charge on any atom is 0.258 e. The molecule has 0 aromatic heterocycles. The van der Waals surface area contributed by atoms with Gasteiger partial charge >= 0.3 is 0 Å². The van der Waals surface area contributed by atoms with Crippen LogP contribution in [-0.2, 0) is 9.53 Å². The van der Waals surface area contributed by atoms with Crippen LogP contribution < -0.4 is 20.9 Å². The molecule has 10 heteroatoms. The lowest BCUT2D eigenvalue weighted by Crippen LogP contribution is -2.44. The number of benzene rings is 3. The number of hydrogen-bond donors (Lipinski definition) is 3. The van der Waals surface area contributed by atoms with E-state index in [1.54, 1.807) is 29.2 Å². The molecule has 1 saturated heterocycles. The van der Waals surface area contributed by atoms with Gasteiger partial charge in [-0.25, -0.2) is 0 Å². The number of aryl methyl sites for hydroxylation is 2. The minimum absolute atomic E-state index is 0. The van der Waals surface area contributed by atoms with E-state index in [2.05, 4.69) is 16.0 Å². The zero-order chi connectivity index (χ0) is 29.6. The maximum absolute atomic E-state index is 13.9. The van der Waals surface area contributed by atoms with Crippen molar-refractivity contribution in [1.29, 1.82) is 0 Å². The molecule has 3 aromatic rings. The first-order chi connectivity index (χ1) is 20.3. The average molecular weight is 626 g/mol. The van der Waals surface area contributed by atoms with Crippen LogP contribution in [-0.4, -0.2) is 50.0 Å². The summed E-state index contributed by atoms with van der Waals surface area (Å²) < 4.78 is 6.14. The normalized spacial score (nSPS) is 16.8. The minimum Gasteiger partial charge on any atom is -0.364 e. The van der Waals surface area contributed by atoms with Gasteiger partial charge < -0.3 is 25.6 Å². The Morgan fingerprint density at radius 3 is 2.47 bits per heavy atom. The second-order valence-electron chi connectivity index (χ2n) is 11.0. The van der Waals surface area contributed by atoms with Crippen LogP contribution in [0.4, 0.5) is 11.4 Å². The Labute approximate surface area is 263 Å². The molecule has 43 heavy (non-hydrogen) atoms. The Morgan fingerprint density at radius 2 is 1.72 bits per heavy atom. The summed E-state index contributed by atoms with van der Waals surface area (Å²) in [5, 5.41) is 9.85. The number of nitrogens with zero attached hydrogens (tertiary/aromatic N) is 1. The number of piperidine rings is 1. The van der Waals surface area contributed by atoms with Crippen molar-refractivity contribution >= 4 is 53.1 Å². The van der Waals surface area contributed by atoms with Gasteiger partial charge in [0.1, 0.15) is 6.61 Å². The molecule has 1 atom stereocenters. The number of rotatable bonds is 7. The third-order valence-electron chi connectivity index (χ3n) is 7.94. The molecule has 0 spiro atoms. The van der Waals surface area contributed by atoms with Crippen LogP contribution in [0.5, 0.6) is 0 Å². The molecule has 1 unspecified atom stereocenters. The van der Waals surface area contributed by atoms with Gasteiger partial charge in [0.25, 0.3) is 11.8 Å². The van der Waals surface area contributed by atoms with Crippen molar-refractivity contribution in [2.24, 2.45) is 0 Å². The number of anilines is 2. The summed E-state index contributed by atoms with van der Waals surface area (Å²) in [6.45, 7) is 6.00. The van der Waals surface area contributed by atoms with Crippen LogP contribution in [0.2, 0.25) is 5.02 Å². The summed E-state index contributed by atoms with van der Waals surface area (Å²) in [4.78, 5) is 41.1. The SMILES string of the molecule is Cc1ccccc1C(=O)Nc1ccc(C(=O)N2CCCC(OCC(=O)NC3CCNCC3)c3cc(Cl)ccc32)c(C)c1.Cl. The van der Waals surface area contributed by atoms with E-state index in [0.29, 0.717) is 41.2 Å². The quantitative estimate of drug-likeness (QED) is 0.299. The molecule has 1 fully saturated rings. The van der Waals surface area contributed by atoms with Crippen LogP contribution >= 0.6 is 24.0 Å². The third-order valence-corrected chi connectivity index (χ3v) is 8.18. The van der Waals surface area contributed by atoms with E-state index in [1.807, 2.05) is 50.2 Å². The fourth-order valence-electron chi connectivity index (χ4n) is 5.69. The molecular formula is C33H38Cl2N4O4. The van der Waals surface area contributed by atoms with Gasteiger partial charge in [0.2, 0.25) is 5.91 Å². The van der Waals surface area contributed by atoms with E-state index >= 15 is 0 Å². The monoisotopic (exact) mass is 624 g/mol. The summed E-state index contributed by atoms with van der Waals surface area (Å²) in [5.74, 6) is -0.467. The predicted octanol–water partition coefficient (Wildman–Crippen LogP) is 6.00. The van der Waals surface area contributed by atoms with Gasteiger partial charge in [-0.3, -0.25) is 14.4 Å². The molecule has 3 amide bonds. The van der Waals surface area contributed by atoms with Gasteiger partial charge in [0.05, 0.1) is 6.10 Å². The molecule has 3 aromatic carbocycles. The molecule has 0 bridgehead atoms. The number of amides is 3. The standard InChI is InChI=1S/C33H37ClN4O4.ClH/c1-21-6-3-4-7-26(21)32(40)37-25-10-11-27(22(2)18-25)33(41)38-17-5-8-30(28-19-23(34)9-12-29(28)38)42-20-31(39)36-24-13-15-35-16-14-24;/h3-4,6-7,9-12,18-19,24,30,35H,5,8,13-17,20H2,1-2H3,(H,36,39)(H,37,40);1H. The van der Waals surface area contributed by atoms with Crippen molar-refractivity contribution < 1.29 is 19.1 Å². The van der Waals surface area contributed by atoms with Crippen molar-refractivity contribution in [3.63, 3.8) is 0 Å². The molecule has 0 saturated carbocycles. The molecule has 2 heterocycles. The summed E-state index contributed by atoms with van der Waals surface area (Å²) in [5.41, 5.74) is 4.94. The molecule has 8 nitrogen and oxygen atoms in total. The topological polar surface area (TPSA) is 99.8 Å². The number of halogens is 2. The number of hydrogen-bond acceptors (Lipinski definition) is 5. The lowest BCUT2D eigenvalue weighted by Gasteiger charge is -2.26. The summed E-state index contributed by atoms with van der Waals surface area (Å²) >= 11 is 6.39. The molecular weight excluding hydrogens is 587 g/mol. The Balaban J connectivity index is 0.00000423. The predicted molar refractivity (Wildman–Crippen MR) is 173 cm³/mol. The molecule has 0 radical (unpaired) electrons. The third kappa shape index (κ3) is 7.95. The van der Waals surface area contributed by atoms with Crippen molar-refractivity contribution in [3.8, 4) is 0 Å². The zero-order valence-electron chi connectivity index (χ0n) is 24.5. The number of ether oxygens (including phenoxy) is 1. The molecule has 5 rings (SSSR count). The highest BCUT2D eigenvalue weighted by atomic mass is 35.5. The minimum atomic E-state index is -0.365. The van der Waals surface area contributed by atoms with Crippen LogP contribution in [0.3, 0.4) is 0 Å². The summed E-state index contributed by atoms with van der Waals surface area (Å²) in [6.07, 6.45) is 2.80. The van der Waals surface area contributed by atoms with Crippen molar-refractivity contribution in [3.05, 3.63) is 93.5 Å². The molecule has 3 N–H and O–H groups in total. The van der Waals surface area contributed by atoms with E-state index in [4.69, 9.17) is 16.3 Å². The van der Waals surface area contributed by atoms with Gasteiger partial charge in [-0.05, 0) is 106 Å². The smallest absolute Gasteiger partial charge is 0.258 e. The van der Waals surface area contributed by atoms with E-state index in [1.165, 1.54) is 0 Å². The second kappa shape index (κ2) is 14.8. The first-order valence-corrected chi connectivity index (χ1v) is 14.9. The molecule has 2 aliphatic rings. The van der Waals surface area contributed by atoms with Crippen molar-refractivity contribution in [2.75, 3.05) is 36.5 Å². The van der Waals surface area contributed by atoms with Gasteiger partial charge in [-0.2, -0.15) is 0 Å². The van der Waals surface area contributed by atoms with E-state index < -0.39 is 0 Å². The fourth-order valence-corrected chi connectivity index (χ4v) is 5.87. The number of nitrogens with one attached hydrogen (secondary N) is 3. The fraction of sp³-hybridized carbons (Fsp3) is 0.364. The highest BCUT2D eigenvalue weighted by Crippen LogP contribution is 2.38. The van der Waals surface area contributed by atoms with Crippen LogP contribution in [0.15, 0.2) is 60.7 Å². The Kier molecular flexibility index (Phi) is 11.2. The largest absolute Gasteiger partial charge is 0.364 e. The summed E-state index contributed by atoms with van der Waals surface area (Å²) in [7, 11) is 0. The van der Waals surface area contributed by atoms with Gasteiger partial charge in [-0.15, -0.1) is 12.4 Å². The first kappa shape index (κ1) is 32.5. The molecule has 228 valence electrons. The lowest BCUT2D eigenvalue weighted by atomic mass is 10.0. The molecule has 2 aliphatic heterocycles. The highest BCUT2D eigenvalue weighted by molar-refractivity contribution is 6.30. The van der Waals surface area contributed by atoms with Crippen molar-refractivity contribution in [2.45, 2.75) is 51.7 Å². The number of fused-ring (bicyclic) bond motifs is 1. The van der Waals surface area contributed by atoms with E-state index in [0.717, 1.165) is 48.3 Å². The van der Waals surface area contributed by atoms with E-state index in [-0.39, 0.29) is 48.9 Å². The van der Waals surface area contributed by atoms with Gasteiger partial charge in [0, 0.05) is 45.7 Å². The first-order valence-electron chi connectivity index (χ1n) is 14.5. The highest BCUT2D eigenvalue weighted by Gasteiger charge is 2.29. The average Bonchev–Trinajstić information content (AvgIpc) is 3.15. The molecule has 0 aliphatic carbocycles. The van der Waals surface area contributed by atoms with Crippen LogP contribution in [0.1, 0.15) is 69.2 Å². The van der Waals surface area contributed by atoms with Gasteiger partial charge in [-0.1, -0.05) is 29.8 Å². The zero-order valence-corrected chi connectivity index (χ0v) is 26.0.